The summed E-state index contributed by atoms with van der Waals surface area (Å²) in [4.78, 5) is 4.38. The molecular weight excluding hydrogens is 326 g/mol. The van der Waals surface area contributed by atoms with Crippen LogP contribution >= 0.6 is 12.6 Å². The molecule has 0 spiro atoms. The lowest BCUT2D eigenvalue weighted by atomic mass is 10.0. The first-order valence-electron chi connectivity index (χ1n) is 10.6. The molecule has 2 nitrogen and oxygen atoms in total. The molecule has 1 aliphatic rings. The molecule has 0 bridgehead atoms. The van der Waals surface area contributed by atoms with Crippen molar-refractivity contribution in [3.05, 3.63) is 30.1 Å². The van der Waals surface area contributed by atoms with Gasteiger partial charge in [0.05, 0.1) is 12.2 Å². The molecule has 142 valence electrons. The number of hydrogen-bond acceptors (Lipinski definition) is 3. The summed E-state index contributed by atoms with van der Waals surface area (Å²) < 4.78 is 5.82. The van der Waals surface area contributed by atoms with Crippen LogP contribution in [0.5, 0.6) is 0 Å². The number of unbranched alkanes of at least 4 members (excludes halogenated alkanes) is 9. The molecule has 0 amide bonds. The molecule has 25 heavy (non-hydrogen) atoms. The van der Waals surface area contributed by atoms with Gasteiger partial charge in [-0.15, -0.1) is 0 Å². The van der Waals surface area contributed by atoms with E-state index in [4.69, 9.17) is 4.74 Å². The van der Waals surface area contributed by atoms with Gasteiger partial charge in [0.2, 0.25) is 0 Å². The van der Waals surface area contributed by atoms with Gasteiger partial charge in [-0.2, -0.15) is 12.6 Å². The second-order valence-electron chi connectivity index (χ2n) is 7.47. The lowest BCUT2D eigenvalue weighted by Crippen LogP contribution is -1.95. The molecule has 1 fully saturated rings. The van der Waals surface area contributed by atoms with Crippen LogP contribution < -0.4 is 0 Å². The van der Waals surface area contributed by atoms with Crippen molar-refractivity contribution in [2.45, 2.75) is 102 Å². The van der Waals surface area contributed by atoms with Crippen LogP contribution in [0.15, 0.2) is 24.4 Å². The summed E-state index contributed by atoms with van der Waals surface area (Å²) in [5.74, 6) is 1.04. The number of aromatic nitrogens is 1. The predicted octanol–water partition coefficient (Wildman–Crippen LogP) is 6.39. The van der Waals surface area contributed by atoms with E-state index < -0.39 is 0 Å². The first-order chi connectivity index (χ1) is 12.4. The number of nitrogens with zero attached hydrogens (tertiary/aromatic N) is 1. The molecule has 1 saturated heterocycles. The smallest absolute Gasteiger partial charge is 0.0841 e. The van der Waals surface area contributed by atoms with Gasteiger partial charge in [-0.25, -0.2) is 0 Å². The number of pyridine rings is 1. The van der Waals surface area contributed by atoms with E-state index in [0.717, 1.165) is 12.2 Å². The highest BCUT2D eigenvalue weighted by Crippen LogP contribution is 2.31. The summed E-state index contributed by atoms with van der Waals surface area (Å²) in [7, 11) is 0. The van der Waals surface area contributed by atoms with Crippen LogP contribution in [-0.2, 0) is 11.2 Å². The van der Waals surface area contributed by atoms with Gasteiger partial charge >= 0.3 is 0 Å². The molecule has 1 aromatic rings. The van der Waals surface area contributed by atoms with Gasteiger partial charge < -0.3 is 4.74 Å². The van der Waals surface area contributed by atoms with Crippen molar-refractivity contribution in [2.24, 2.45) is 0 Å². The van der Waals surface area contributed by atoms with Crippen LogP contribution in [0.3, 0.4) is 0 Å². The molecule has 0 aromatic carbocycles. The van der Waals surface area contributed by atoms with E-state index >= 15 is 0 Å². The van der Waals surface area contributed by atoms with Crippen molar-refractivity contribution in [1.29, 1.82) is 0 Å². The fourth-order valence-corrected chi connectivity index (χ4v) is 3.80. The van der Waals surface area contributed by atoms with Crippen molar-refractivity contribution in [3.8, 4) is 0 Å². The fraction of sp³-hybridized carbons (Fsp3) is 0.773. The van der Waals surface area contributed by atoms with Crippen molar-refractivity contribution in [3.63, 3.8) is 0 Å². The second kappa shape index (κ2) is 13.6. The number of rotatable bonds is 16. The molecule has 0 radical (unpaired) electrons. The average Bonchev–Trinajstić information content (AvgIpc) is 3.39. The minimum atomic E-state index is 0.599. The minimum Gasteiger partial charge on any atom is -0.370 e. The van der Waals surface area contributed by atoms with E-state index in [9.17, 15) is 0 Å². The first kappa shape index (κ1) is 20.8. The molecule has 0 N–H and O–H groups in total. The van der Waals surface area contributed by atoms with E-state index in [0.29, 0.717) is 12.2 Å². The number of ether oxygens (including phenoxy) is 1. The fourth-order valence-electron chi connectivity index (χ4n) is 3.58. The SMILES string of the molecule is SCCCCCCCC1OC1CCCCCCCCc1ccccn1. The van der Waals surface area contributed by atoms with Crippen molar-refractivity contribution < 1.29 is 4.74 Å². The van der Waals surface area contributed by atoms with Crippen LogP contribution in [-0.4, -0.2) is 22.9 Å². The van der Waals surface area contributed by atoms with E-state index in [1.54, 1.807) is 0 Å². The number of thiol groups is 1. The standard InChI is InChI=1S/C22H37NOS/c25-19-13-7-3-6-10-17-22-21(24-22)16-9-5-2-1-4-8-14-20-15-11-12-18-23-20/h11-12,15,18,21-22,25H,1-10,13-14,16-17,19H2. The van der Waals surface area contributed by atoms with Crippen LogP contribution in [0.4, 0.5) is 0 Å². The van der Waals surface area contributed by atoms with Gasteiger partial charge in [-0.1, -0.05) is 63.9 Å². The van der Waals surface area contributed by atoms with E-state index in [1.807, 2.05) is 12.3 Å². The molecule has 2 atom stereocenters. The lowest BCUT2D eigenvalue weighted by Gasteiger charge is -2.02. The zero-order valence-corrected chi connectivity index (χ0v) is 16.8. The number of hydrogen-bond donors (Lipinski definition) is 1. The Bertz CT molecular complexity index is 425. The number of aryl methyl sites for hydroxylation is 1. The van der Waals surface area contributed by atoms with Gasteiger partial charge in [0.15, 0.2) is 0 Å². The third-order valence-electron chi connectivity index (χ3n) is 5.23. The van der Waals surface area contributed by atoms with E-state index in [-0.39, 0.29) is 0 Å². The maximum atomic E-state index is 5.82. The van der Waals surface area contributed by atoms with Gasteiger partial charge in [-0.3, -0.25) is 4.98 Å². The Morgan fingerprint density at radius 3 is 1.96 bits per heavy atom. The van der Waals surface area contributed by atoms with Crippen LogP contribution in [0, 0.1) is 0 Å². The Labute approximate surface area is 160 Å². The van der Waals surface area contributed by atoms with E-state index in [2.05, 4.69) is 29.7 Å². The van der Waals surface area contributed by atoms with Gasteiger partial charge in [0.1, 0.15) is 0 Å². The zero-order valence-electron chi connectivity index (χ0n) is 15.9. The van der Waals surface area contributed by atoms with Crippen molar-refractivity contribution in [2.75, 3.05) is 5.75 Å². The number of epoxide rings is 1. The highest BCUT2D eigenvalue weighted by atomic mass is 32.1. The van der Waals surface area contributed by atoms with Gasteiger partial charge in [0.25, 0.3) is 0 Å². The molecule has 1 aromatic heterocycles. The highest BCUT2D eigenvalue weighted by Gasteiger charge is 2.36. The predicted molar refractivity (Wildman–Crippen MR) is 110 cm³/mol. The topological polar surface area (TPSA) is 25.4 Å². The summed E-state index contributed by atoms with van der Waals surface area (Å²) in [6.45, 7) is 0. The molecule has 0 aliphatic carbocycles. The molecule has 2 heterocycles. The normalized spacial score (nSPS) is 19.2. The Morgan fingerprint density at radius 1 is 0.760 bits per heavy atom. The molecule has 2 rings (SSSR count). The Kier molecular flexibility index (Phi) is 11.3. The molecule has 1 aliphatic heterocycles. The Morgan fingerprint density at radius 2 is 1.36 bits per heavy atom. The second-order valence-corrected chi connectivity index (χ2v) is 7.92. The third kappa shape index (κ3) is 10.3. The first-order valence-corrected chi connectivity index (χ1v) is 11.2. The Balaban J connectivity index is 1.30. The maximum Gasteiger partial charge on any atom is 0.0841 e. The summed E-state index contributed by atoms with van der Waals surface area (Å²) in [5, 5.41) is 0. The highest BCUT2D eigenvalue weighted by molar-refractivity contribution is 7.80. The van der Waals surface area contributed by atoms with Crippen LogP contribution in [0.25, 0.3) is 0 Å². The summed E-state index contributed by atoms with van der Waals surface area (Å²) in [6, 6.07) is 6.20. The minimum absolute atomic E-state index is 0.599. The average molecular weight is 364 g/mol. The monoisotopic (exact) mass is 363 g/mol. The molecule has 3 heteroatoms. The van der Waals surface area contributed by atoms with Crippen LogP contribution in [0.2, 0.25) is 0 Å². The lowest BCUT2D eigenvalue weighted by molar-refractivity contribution is 0.347. The summed E-state index contributed by atoms with van der Waals surface area (Å²) >= 11 is 4.26. The van der Waals surface area contributed by atoms with Gasteiger partial charge in [0, 0.05) is 11.9 Å². The van der Waals surface area contributed by atoms with Gasteiger partial charge in [-0.05, 0) is 50.0 Å². The maximum absolute atomic E-state index is 5.82. The summed E-state index contributed by atoms with van der Waals surface area (Å²) in [5.41, 5.74) is 1.24. The summed E-state index contributed by atoms with van der Waals surface area (Å²) in [6.07, 6.45) is 21.6. The van der Waals surface area contributed by atoms with Crippen LogP contribution in [0.1, 0.15) is 89.2 Å². The van der Waals surface area contributed by atoms with Crippen molar-refractivity contribution >= 4 is 12.6 Å². The zero-order chi connectivity index (χ0) is 17.6. The third-order valence-corrected chi connectivity index (χ3v) is 5.55. The van der Waals surface area contributed by atoms with Crippen molar-refractivity contribution in [1.82, 2.24) is 4.98 Å². The largest absolute Gasteiger partial charge is 0.370 e. The Hall–Kier alpha value is -0.540. The molecular formula is C22H37NOS. The molecule has 0 saturated carbocycles. The van der Waals surface area contributed by atoms with E-state index in [1.165, 1.54) is 89.2 Å². The quantitative estimate of drug-likeness (QED) is 0.209. The molecule has 2 unspecified atom stereocenters.